The van der Waals surface area contributed by atoms with Crippen molar-refractivity contribution >= 4 is 62.4 Å². The number of carbonyl (C=O) groups is 1. The summed E-state index contributed by atoms with van der Waals surface area (Å²) in [5.74, 6) is 0.844. The second-order valence-corrected chi connectivity index (χ2v) is 9.01. The highest BCUT2D eigenvalue weighted by atomic mass is 35.5. The predicted molar refractivity (Wildman–Crippen MR) is 137 cm³/mol. The first kappa shape index (κ1) is 21.5. The fraction of sp³-hybridized carbons (Fsp3) is 0. The number of carbonyl (C=O) groups excluding carboxylic acids is 1. The van der Waals surface area contributed by atoms with Crippen LogP contribution in [-0.2, 0) is 4.79 Å². The van der Waals surface area contributed by atoms with Crippen LogP contribution in [0.5, 0.6) is 0 Å². The zero-order valence-electron chi connectivity index (χ0n) is 17.1. The number of nitrogens with zero attached hydrogens (tertiary/aromatic N) is 1. The summed E-state index contributed by atoms with van der Waals surface area (Å²) >= 11 is 14.0. The summed E-state index contributed by atoms with van der Waals surface area (Å²) in [6.45, 7) is 0. The predicted octanol–water partition coefficient (Wildman–Crippen LogP) is 8.18. The normalized spacial score (nSPS) is 11.3. The molecule has 0 unspecified atom stereocenters. The molecule has 1 amide bonds. The zero-order valence-corrected chi connectivity index (χ0v) is 19.4. The van der Waals surface area contributed by atoms with Gasteiger partial charge in [0.2, 0.25) is 5.91 Å². The van der Waals surface area contributed by atoms with Gasteiger partial charge >= 0.3 is 0 Å². The molecule has 0 saturated heterocycles. The summed E-state index contributed by atoms with van der Waals surface area (Å²) in [4.78, 5) is 17.0. The molecule has 0 aliphatic heterocycles. The Kier molecular flexibility index (Phi) is 6.01. The average Bonchev–Trinajstić information content (AvgIpc) is 3.47. The van der Waals surface area contributed by atoms with Gasteiger partial charge in [-0.2, -0.15) is 0 Å². The van der Waals surface area contributed by atoms with Gasteiger partial charge in [-0.15, -0.1) is 11.3 Å². The van der Waals surface area contributed by atoms with Crippen LogP contribution in [0.1, 0.15) is 5.76 Å². The molecule has 0 fully saturated rings. The van der Waals surface area contributed by atoms with E-state index in [4.69, 9.17) is 27.6 Å². The lowest BCUT2D eigenvalue weighted by Gasteiger charge is -2.03. The lowest BCUT2D eigenvalue weighted by atomic mass is 10.2. The van der Waals surface area contributed by atoms with E-state index in [1.54, 1.807) is 41.7 Å². The summed E-state index contributed by atoms with van der Waals surface area (Å²) < 4.78 is 6.93. The van der Waals surface area contributed by atoms with E-state index in [0.29, 0.717) is 32.8 Å². The first-order chi connectivity index (χ1) is 16.1. The minimum absolute atomic E-state index is 0.263. The Morgan fingerprint density at radius 2 is 1.76 bits per heavy atom. The molecule has 1 N–H and O–H groups in total. The Morgan fingerprint density at radius 1 is 0.939 bits per heavy atom. The SMILES string of the molecule is O=C(C=Cc1ccc(-c2cccc(Cl)c2Cl)o1)Nc1ccc(-c2nc3ccccc3s2)cc1. The number of benzene rings is 3. The van der Waals surface area contributed by atoms with Gasteiger partial charge in [-0.3, -0.25) is 4.79 Å². The number of halogens is 2. The molecule has 0 bridgehead atoms. The first-order valence-corrected chi connectivity index (χ1v) is 11.6. The molecule has 3 aromatic carbocycles. The van der Waals surface area contributed by atoms with Crippen molar-refractivity contribution in [2.45, 2.75) is 0 Å². The highest BCUT2D eigenvalue weighted by Crippen LogP contribution is 2.34. The standard InChI is InChI=1S/C26H16Cl2N2O2S/c27-20-5-3-4-19(25(20)28)22-14-12-18(32-22)13-15-24(31)29-17-10-8-16(9-11-17)26-30-21-6-1-2-7-23(21)33-26/h1-15H,(H,29,31). The van der Waals surface area contributed by atoms with Crippen LogP contribution in [0.3, 0.4) is 0 Å². The van der Waals surface area contributed by atoms with Crippen molar-refractivity contribution in [3.63, 3.8) is 0 Å². The van der Waals surface area contributed by atoms with Crippen molar-refractivity contribution in [1.29, 1.82) is 0 Å². The Hall–Kier alpha value is -3.38. The molecule has 0 radical (unpaired) electrons. The number of fused-ring (bicyclic) bond motifs is 1. The summed E-state index contributed by atoms with van der Waals surface area (Å²) in [5, 5.41) is 4.68. The second-order valence-electron chi connectivity index (χ2n) is 7.19. The van der Waals surface area contributed by atoms with Crippen LogP contribution in [0.15, 0.2) is 89.4 Å². The van der Waals surface area contributed by atoms with Crippen LogP contribution in [0, 0.1) is 0 Å². The third-order valence-corrected chi connectivity index (χ3v) is 6.84. The van der Waals surface area contributed by atoms with Gasteiger partial charge in [-0.25, -0.2) is 4.98 Å². The van der Waals surface area contributed by atoms with Crippen molar-refractivity contribution < 1.29 is 9.21 Å². The van der Waals surface area contributed by atoms with E-state index in [2.05, 4.69) is 16.4 Å². The van der Waals surface area contributed by atoms with Gasteiger partial charge in [-0.1, -0.05) is 41.4 Å². The highest BCUT2D eigenvalue weighted by Gasteiger charge is 2.10. The van der Waals surface area contributed by atoms with Crippen LogP contribution in [0.25, 0.3) is 38.2 Å². The van der Waals surface area contributed by atoms with Crippen LogP contribution < -0.4 is 5.32 Å². The molecule has 2 aromatic heterocycles. The molecule has 0 spiro atoms. The minimum atomic E-state index is -0.263. The third-order valence-electron chi connectivity index (χ3n) is 4.94. The lowest BCUT2D eigenvalue weighted by molar-refractivity contribution is -0.111. The third kappa shape index (κ3) is 4.71. The Morgan fingerprint density at radius 3 is 2.58 bits per heavy atom. The molecule has 0 saturated carbocycles. The molecule has 0 aliphatic rings. The molecular formula is C26H16Cl2N2O2S. The number of furan rings is 1. The van der Waals surface area contributed by atoms with E-state index < -0.39 is 0 Å². The van der Waals surface area contributed by atoms with Crippen LogP contribution in [0.4, 0.5) is 5.69 Å². The Labute approximate surface area is 204 Å². The van der Waals surface area contributed by atoms with Crippen LogP contribution >= 0.6 is 34.5 Å². The molecule has 5 aromatic rings. The first-order valence-electron chi connectivity index (χ1n) is 10.1. The van der Waals surface area contributed by atoms with Gasteiger partial charge in [0.25, 0.3) is 0 Å². The summed E-state index contributed by atoms with van der Waals surface area (Å²) in [7, 11) is 0. The molecule has 33 heavy (non-hydrogen) atoms. The molecule has 0 aliphatic carbocycles. The van der Waals surface area contributed by atoms with Gasteiger partial charge in [0.15, 0.2) is 0 Å². The zero-order chi connectivity index (χ0) is 22.8. The molecule has 4 nitrogen and oxygen atoms in total. The van der Waals surface area contributed by atoms with Crippen molar-refractivity contribution in [2.24, 2.45) is 0 Å². The van der Waals surface area contributed by atoms with E-state index in [-0.39, 0.29) is 5.91 Å². The van der Waals surface area contributed by atoms with Crippen molar-refractivity contribution in [1.82, 2.24) is 4.98 Å². The van der Waals surface area contributed by atoms with E-state index in [9.17, 15) is 4.79 Å². The highest BCUT2D eigenvalue weighted by molar-refractivity contribution is 7.21. The molecule has 5 rings (SSSR count). The van der Waals surface area contributed by atoms with E-state index >= 15 is 0 Å². The summed E-state index contributed by atoms with van der Waals surface area (Å²) in [6, 6.07) is 24.6. The van der Waals surface area contributed by atoms with Crippen molar-refractivity contribution in [3.05, 3.63) is 101 Å². The van der Waals surface area contributed by atoms with Crippen LogP contribution in [-0.4, -0.2) is 10.9 Å². The largest absolute Gasteiger partial charge is 0.457 e. The van der Waals surface area contributed by atoms with Gasteiger partial charge in [-0.05, 0) is 66.7 Å². The fourth-order valence-corrected chi connectivity index (χ4v) is 4.68. The molecular weight excluding hydrogens is 475 g/mol. The van der Waals surface area contributed by atoms with Crippen molar-refractivity contribution in [2.75, 3.05) is 5.32 Å². The smallest absolute Gasteiger partial charge is 0.248 e. The quantitative estimate of drug-likeness (QED) is 0.252. The number of rotatable bonds is 5. The monoisotopic (exact) mass is 490 g/mol. The van der Waals surface area contributed by atoms with Gasteiger partial charge in [0, 0.05) is 22.9 Å². The summed E-state index contributed by atoms with van der Waals surface area (Å²) in [6.07, 6.45) is 3.02. The molecule has 2 heterocycles. The van der Waals surface area contributed by atoms with Gasteiger partial charge in [0.1, 0.15) is 16.5 Å². The Bertz CT molecular complexity index is 1450. The fourth-order valence-electron chi connectivity index (χ4n) is 3.31. The Balaban J connectivity index is 1.25. The number of hydrogen-bond acceptors (Lipinski definition) is 4. The van der Waals surface area contributed by atoms with Crippen LogP contribution in [0.2, 0.25) is 10.0 Å². The average molecular weight is 491 g/mol. The number of para-hydroxylation sites is 1. The molecule has 7 heteroatoms. The van der Waals surface area contributed by atoms with E-state index in [1.807, 2.05) is 48.5 Å². The summed E-state index contributed by atoms with van der Waals surface area (Å²) in [5.41, 5.74) is 3.38. The van der Waals surface area contributed by atoms with Gasteiger partial charge < -0.3 is 9.73 Å². The number of aromatic nitrogens is 1. The van der Waals surface area contributed by atoms with E-state index in [1.165, 1.54) is 6.08 Å². The molecule has 162 valence electrons. The number of thiazole rings is 1. The topological polar surface area (TPSA) is 55.1 Å². The number of anilines is 1. The van der Waals surface area contributed by atoms with Crippen molar-refractivity contribution in [3.8, 4) is 21.9 Å². The maximum absolute atomic E-state index is 12.3. The maximum atomic E-state index is 12.3. The number of nitrogens with one attached hydrogen (secondary N) is 1. The lowest BCUT2D eigenvalue weighted by Crippen LogP contribution is -2.07. The number of amides is 1. The van der Waals surface area contributed by atoms with E-state index in [0.717, 1.165) is 20.8 Å². The minimum Gasteiger partial charge on any atom is -0.457 e. The maximum Gasteiger partial charge on any atom is 0.248 e. The number of hydrogen-bond donors (Lipinski definition) is 1. The second kappa shape index (κ2) is 9.24. The molecule has 0 atom stereocenters. The van der Waals surface area contributed by atoms with Gasteiger partial charge in [0.05, 0.1) is 20.3 Å².